The van der Waals surface area contributed by atoms with Gasteiger partial charge in [-0.25, -0.2) is 17.2 Å². The molecule has 0 unspecified atom stereocenters. The van der Waals surface area contributed by atoms with Crippen LogP contribution >= 0.6 is 11.3 Å². The molecule has 15 heteroatoms. The molecule has 1 aromatic heterocycles. The molecular weight excluding hydrogens is 562 g/mol. The van der Waals surface area contributed by atoms with Gasteiger partial charge in [-0.2, -0.15) is 9.98 Å². The average molecular weight is 595 g/mol. The molecule has 0 spiro atoms. The largest absolute Gasteiger partial charge is 0.367 e. The molecule has 40 heavy (non-hydrogen) atoms. The summed E-state index contributed by atoms with van der Waals surface area (Å²) >= 11 is 0.623. The van der Waals surface area contributed by atoms with Gasteiger partial charge >= 0.3 is 0 Å². The van der Waals surface area contributed by atoms with E-state index >= 15 is 0 Å². The molecule has 1 aromatic carbocycles. The second-order valence-corrected chi connectivity index (χ2v) is 13.6. The van der Waals surface area contributed by atoms with Gasteiger partial charge in [-0.15, -0.1) is 10.2 Å². The Kier molecular flexibility index (Phi) is 7.30. The molecule has 1 atom stereocenters. The zero-order chi connectivity index (χ0) is 28.9. The van der Waals surface area contributed by atoms with Gasteiger partial charge in [0.1, 0.15) is 5.54 Å². The molecule has 3 fully saturated rings. The van der Waals surface area contributed by atoms with Crippen molar-refractivity contribution in [2.75, 3.05) is 29.9 Å². The van der Waals surface area contributed by atoms with Crippen molar-refractivity contribution in [3.8, 4) is 6.07 Å². The van der Waals surface area contributed by atoms with E-state index in [1.807, 2.05) is 29.7 Å². The summed E-state index contributed by atoms with van der Waals surface area (Å²) in [7, 11) is -4.16. The van der Waals surface area contributed by atoms with Gasteiger partial charge in [0.2, 0.25) is 21.1 Å². The number of hydrogen-bond acceptors (Lipinski definition) is 10. The molecule has 0 bridgehead atoms. The fourth-order valence-electron chi connectivity index (χ4n) is 5.20. The summed E-state index contributed by atoms with van der Waals surface area (Å²) in [6.45, 7) is 5.16. The molecular formula is C25H32F2N8O3S2. The molecule has 2 aromatic rings. The quantitative estimate of drug-likeness (QED) is 0.368. The smallest absolute Gasteiger partial charge is 0.291 e. The summed E-state index contributed by atoms with van der Waals surface area (Å²) in [6.07, 6.45) is 1.80. The van der Waals surface area contributed by atoms with E-state index < -0.39 is 27.0 Å². The Bertz CT molecular complexity index is 1490. The van der Waals surface area contributed by atoms with Crippen LogP contribution in [0.5, 0.6) is 0 Å². The molecule has 1 aliphatic heterocycles. The van der Waals surface area contributed by atoms with Crippen molar-refractivity contribution in [1.82, 2.24) is 19.8 Å². The van der Waals surface area contributed by atoms with Gasteiger partial charge in [0, 0.05) is 50.0 Å². The number of aromatic nitrogens is 2. The third kappa shape index (κ3) is 5.27. The molecule has 5 rings (SSSR count). The molecule has 0 radical (unpaired) electrons. The monoisotopic (exact) mass is 594 g/mol. The first-order valence-corrected chi connectivity index (χ1v) is 15.3. The second-order valence-electron chi connectivity index (χ2n) is 10.9. The molecule has 3 N–H and O–H groups in total. The standard InChI is InChI=1S/C25H30F2N8O3S2.H2/c1-15-13-34(8-9-35(15)22(36)24(2)4-3-5-24)19-11-16(40(37,38)33-25(14-29)6-7-25)10-18(17(19)12-28)30-23-32-31-21(39-23)20(26)27;/h10-12,15,20,28,33H,3-9,13H2,1-2H3,(H,30,32);1H/t15-;/m1./s1. The number of alkyl halides is 2. The Labute approximate surface area is 236 Å². The number of sulfonamides is 1. The maximum absolute atomic E-state index is 13.4. The van der Waals surface area contributed by atoms with E-state index in [1.54, 1.807) is 0 Å². The van der Waals surface area contributed by atoms with Crippen molar-refractivity contribution in [2.24, 2.45) is 5.41 Å². The minimum Gasteiger partial charge on any atom is -0.367 e. The zero-order valence-electron chi connectivity index (χ0n) is 22.1. The van der Waals surface area contributed by atoms with Crippen molar-refractivity contribution in [2.45, 2.75) is 68.9 Å². The maximum atomic E-state index is 13.4. The summed E-state index contributed by atoms with van der Waals surface area (Å²) < 4.78 is 55.5. The number of nitrogens with one attached hydrogen (secondary N) is 3. The Morgan fingerprint density at radius 2 is 2.02 bits per heavy atom. The van der Waals surface area contributed by atoms with Gasteiger partial charge in [-0.05, 0) is 44.7 Å². The first-order chi connectivity index (χ1) is 18.9. The summed E-state index contributed by atoms with van der Waals surface area (Å²) in [6, 6.07) is 4.59. The third-order valence-corrected chi connectivity index (χ3v) is 10.3. The summed E-state index contributed by atoms with van der Waals surface area (Å²) in [5, 5.41) is 27.2. The number of halogens is 2. The van der Waals surface area contributed by atoms with Crippen molar-refractivity contribution < 1.29 is 23.4 Å². The van der Waals surface area contributed by atoms with E-state index in [9.17, 15) is 27.3 Å². The average Bonchev–Trinajstić information content (AvgIpc) is 3.50. The van der Waals surface area contributed by atoms with E-state index in [2.05, 4.69) is 20.2 Å². The lowest BCUT2D eigenvalue weighted by molar-refractivity contribution is -0.148. The van der Waals surface area contributed by atoms with Gasteiger partial charge in [0.15, 0.2) is 5.01 Å². The number of piperazine rings is 1. The first-order valence-electron chi connectivity index (χ1n) is 13.0. The number of anilines is 3. The molecule has 2 aliphatic carbocycles. The number of hydrogen-bond donors (Lipinski definition) is 3. The van der Waals surface area contributed by atoms with Gasteiger partial charge in [-0.3, -0.25) is 4.79 Å². The SMILES string of the molecule is C[C@@H]1CN(c2cc(S(=O)(=O)NC3(C#N)CC3)cc(Nc3nnc(C(F)F)s3)c2C=N)CCN1C(=O)C1(C)CCC1.[HH]. The highest BCUT2D eigenvalue weighted by atomic mass is 32.2. The normalized spacial score (nSPS) is 21.4. The Morgan fingerprint density at radius 3 is 2.55 bits per heavy atom. The lowest BCUT2D eigenvalue weighted by Gasteiger charge is -2.47. The van der Waals surface area contributed by atoms with Gasteiger partial charge < -0.3 is 20.5 Å². The van der Waals surface area contributed by atoms with E-state index in [4.69, 9.17) is 5.41 Å². The molecule has 3 aliphatic rings. The van der Waals surface area contributed by atoms with Crippen LogP contribution in [0.1, 0.15) is 64.4 Å². The number of carbonyl (C=O) groups is 1. The van der Waals surface area contributed by atoms with Crippen LogP contribution in [-0.2, 0) is 14.8 Å². The highest BCUT2D eigenvalue weighted by Crippen LogP contribution is 2.43. The second kappa shape index (κ2) is 10.3. The van der Waals surface area contributed by atoms with Crippen LogP contribution in [0, 0.1) is 22.2 Å². The third-order valence-electron chi connectivity index (χ3n) is 7.95. The van der Waals surface area contributed by atoms with Crippen molar-refractivity contribution in [1.29, 1.82) is 10.7 Å². The number of benzene rings is 1. The van der Waals surface area contributed by atoms with Crippen LogP contribution in [-0.4, -0.2) is 66.9 Å². The number of carbonyl (C=O) groups excluding carboxylic acids is 1. The fourth-order valence-corrected chi connectivity index (χ4v) is 7.23. The van der Waals surface area contributed by atoms with Gasteiger partial charge in [0.05, 0.1) is 16.7 Å². The molecule has 2 heterocycles. The van der Waals surface area contributed by atoms with Crippen LogP contribution in [0.3, 0.4) is 0 Å². The Hall–Kier alpha value is -3.22. The number of rotatable bonds is 9. The van der Waals surface area contributed by atoms with Gasteiger partial charge in [0.25, 0.3) is 6.43 Å². The predicted molar refractivity (Wildman–Crippen MR) is 148 cm³/mol. The molecule has 1 amide bonds. The molecule has 11 nitrogen and oxygen atoms in total. The minimum atomic E-state index is -4.16. The van der Waals surface area contributed by atoms with E-state index in [-0.39, 0.29) is 34.5 Å². The Balaban J connectivity index is 0.00000387. The van der Waals surface area contributed by atoms with Crippen molar-refractivity contribution in [3.05, 3.63) is 22.7 Å². The van der Waals surface area contributed by atoms with E-state index in [0.717, 1.165) is 25.5 Å². The lowest BCUT2D eigenvalue weighted by Crippen LogP contribution is -2.58. The number of nitrogens with zero attached hydrogens (tertiary/aromatic N) is 5. The molecule has 1 saturated heterocycles. The van der Waals surface area contributed by atoms with Crippen molar-refractivity contribution in [3.63, 3.8) is 0 Å². The molecule has 216 valence electrons. The van der Waals surface area contributed by atoms with Crippen LogP contribution < -0.4 is 14.9 Å². The maximum Gasteiger partial charge on any atom is 0.291 e. The summed E-state index contributed by atoms with van der Waals surface area (Å²) in [4.78, 5) is 16.9. The van der Waals surface area contributed by atoms with Crippen LogP contribution in [0.2, 0.25) is 0 Å². The first kappa shape index (κ1) is 28.3. The summed E-state index contributed by atoms with van der Waals surface area (Å²) in [5.41, 5.74) is -0.580. The van der Waals surface area contributed by atoms with Crippen LogP contribution in [0.25, 0.3) is 0 Å². The predicted octanol–water partition coefficient (Wildman–Crippen LogP) is 4.02. The zero-order valence-corrected chi connectivity index (χ0v) is 23.7. The van der Waals surface area contributed by atoms with Crippen LogP contribution in [0.15, 0.2) is 17.0 Å². The van der Waals surface area contributed by atoms with E-state index in [0.29, 0.717) is 55.1 Å². The van der Waals surface area contributed by atoms with Gasteiger partial charge in [-0.1, -0.05) is 24.7 Å². The fraction of sp³-hybridized carbons (Fsp3) is 0.560. The summed E-state index contributed by atoms with van der Waals surface area (Å²) in [5.74, 6) is 0.124. The Morgan fingerprint density at radius 1 is 1.30 bits per heavy atom. The highest BCUT2D eigenvalue weighted by Gasteiger charge is 2.47. The molecule has 2 saturated carbocycles. The number of nitriles is 1. The topological polar surface area (TPSA) is 155 Å². The van der Waals surface area contributed by atoms with Crippen molar-refractivity contribution >= 4 is 50.0 Å². The minimum absolute atomic E-state index is 0. The number of amides is 1. The highest BCUT2D eigenvalue weighted by molar-refractivity contribution is 7.89. The lowest BCUT2D eigenvalue weighted by atomic mass is 9.69. The van der Waals surface area contributed by atoms with Crippen LogP contribution in [0.4, 0.5) is 25.3 Å². The van der Waals surface area contributed by atoms with E-state index in [1.165, 1.54) is 12.1 Å².